The van der Waals surface area contributed by atoms with Crippen molar-refractivity contribution in [3.8, 4) is 28.6 Å². The molecule has 0 aliphatic heterocycles. The largest absolute Gasteiger partial charge is 0.506 e. The predicted octanol–water partition coefficient (Wildman–Crippen LogP) is 4.70. The highest BCUT2D eigenvalue weighted by molar-refractivity contribution is 5.93. The molecule has 0 amide bonds. The molecule has 0 spiro atoms. The fraction of sp³-hybridized carbons (Fsp3) is 0. The number of nitrogens with zero attached hydrogens (tertiary/aromatic N) is 3. The molecule has 1 aromatic heterocycles. The maximum absolute atomic E-state index is 10.8. The molecular formula is C22H17N3O2. The molecule has 5 nitrogen and oxygen atoms in total. The summed E-state index contributed by atoms with van der Waals surface area (Å²) in [4.78, 5) is 4.34. The van der Waals surface area contributed by atoms with Crippen LogP contribution in [0.15, 0.2) is 89.9 Å². The Hall–Kier alpha value is -3.86. The van der Waals surface area contributed by atoms with E-state index in [1.807, 2.05) is 60.7 Å². The highest BCUT2D eigenvalue weighted by atomic mass is 16.3. The molecule has 27 heavy (non-hydrogen) atoms. The fourth-order valence-electron chi connectivity index (χ4n) is 2.81. The lowest BCUT2D eigenvalue weighted by atomic mass is 10.1. The minimum absolute atomic E-state index is 0.0146. The molecule has 0 radical (unpaired) electrons. The van der Waals surface area contributed by atoms with Crippen molar-refractivity contribution in [3.63, 3.8) is 0 Å². The summed E-state index contributed by atoms with van der Waals surface area (Å²) in [5.41, 5.74) is 3.11. The first-order chi connectivity index (χ1) is 13.2. The lowest BCUT2D eigenvalue weighted by Gasteiger charge is -2.02. The van der Waals surface area contributed by atoms with Crippen LogP contribution in [0.4, 0.5) is 5.69 Å². The first kappa shape index (κ1) is 16.6. The molecule has 2 N–H and O–H groups in total. The molecule has 0 fully saturated rings. The zero-order chi connectivity index (χ0) is 18.6. The van der Waals surface area contributed by atoms with E-state index in [0.717, 1.165) is 11.3 Å². The average molecular weight is 355 g/mol. The van der Waals surface area contributed by atoms with Gasteiger partial charge in [-0.05, 0) is 24.3 Å². The molecule has 5 heteroatoms. The quantitative estimate of drug-likeness (QED) is 0.521. The molecule has 4 rings (SSSR count). The highest BCUT2D eigenvalue weighted by Gasteiger charge is 2.18. The maximum atomic E-state index is 10.8. The summed E-state index contributed by atoms with van der Waals surface area (Å²) in [7, 11) is 0. The van der Waals surface area contributed by atoms with E-state index in [4.69, 9.17) is 0 Å². The van der Waals surface area contributed by atoms with Gasteiger partial charge < -0.3 is 10.2 Å². The molecular weight excluding hydrogens is 338 g/mol. The van der Waals surface area contributed by atoms with Crippen LogP contribution < -0.4 is 0 Å². The summed E-state index contributed by atoms with van der Waals surface area (Å²) in [6, 6.07) is 25.8. The molecule has 0 saturated carbocycles. The van der Waals surface area contributed by atoms with Gasteiger partial charge >= 0.3 is 0 Å². The third-order valence-electron chi connectivity index (χ3n) is 4.16. The van der Waals surface area contributed by atoms with Crippen molar-refractivity contribution >= 4 is 11.9 Å². The summed E-state index contributed by atoms with van der Waals surface area (Å²) in [6.07, 6.45) is 1.53. The van der Waals surface area contributed by atoms with E-state index >= 15 is 0 Å². The van der Waals surface area contributed by atoms with Crippen molar-refractivity contribution in [2.75, 3.05) is 0 Å². The maximum Gasteiger partial charge on any atom is 0.223 e. The van der Waals surface area contributed by atoms with Gasteiger partial charge in [-0.25, -0.2) is 4.68 Å². The van der Waals surface area contributed by atoms with Gasteiger partial charge in [-0.2, -0.15) is 5.10 Å². The minimum atomic E-state index is -0.0146. The second kappa shape index (κ2) is 7.17. The third-order valence-corrected chi connectivity index (χ3v) is 4.16. The Labute approximate surface area is 156 Å². The molecule has 0 aliphatic carbocycles. The number of phenolic OH excluding ortho intramolecular Hbond substituents is 1. The highest BCUT2D eigenvalue weighted by Crippen LogP contribution is 2.32. The van der Waals surface area contributed by atoms with Crippen LogP contribution in [-0.2, 0) is 0 Å². The minimum Gasteiger partial charge on any atom is -0.506 e. The molecule has 1 heterocycles. The summed E-state index contributed by atoms with van der Waals surface area (Å²) in [5, 5.41) is 25.3. The Morgan fingerprint density at radius 3 is 2.11 bits per heavy atom. The zero-order valence-electron chi connectivity index (χ0n) is 14.4. The molecule has 3 aromatic carbocycles. The third kappa shape index (κ3) is 3.30. The first-order valence-electron chi connectivity index (χ1n) is 8.49. The van der Waals surface area contributed by atoms with E-state index in [-0.39, 0.29) is 11.6 Å². The van der Waals surface area contributed by atoms with Crippen molar-refractivity contribution in [1.82, 2.24) is 9.78 Å². The lowest BCUT2D eigenvalue weighted by molar-refractivity contribution is 0.433. The second-order valence-corrected chi connectivity index (χ2v) is 5.95. The Bertz CT molecular complexity index is 1090. The molecule has 0 unspecified atom stereocenters. The van der Waals surface area contributed by atoms with Gasteiger partial charge in [-0.1, -0.05) is 60.7 Å². The van der Waals surface area contributed by atoms with Gasteiger partial charge in [-0.15, -0.1) is 0 Å². The second-order valence-electron chi connectivity index (χ2n) is 5.95. The van der Waals surface area contributed by atoms with Gasteiger partial charge in [-0.3, -0.25) is 4.99 Å². The number of benzene rings is 3. The number of aromatic nitrogens is 2. The topological polar surface area (TPSA) is 70.6 Å². The monoisotopic (exact) mass is 355 g/mol. The van der Waals surface area contributed by atoms with Crippen LogP contribution in [0.3, 0.4) is 0 Å². The number of rotatable bonds is 4. The van der Waals surface area contributed by atoms with Gasteiger partial charge in [0.25, 0.3) is 0 Å². The molecule has 0 bridgehead atoms. The molecule has 0 aliphatic rings. The normalized spacial score (nSPS) is 11.1. The number of hydrogen-bond acceptors (Lipinski definition) is 4. The number of para-hydroxylation sites is 3. The van der Waals surface area contributed by atoms with E-state index in [1.54, 1.807) is 24.3 Å². The van der Waals surface area contributed by atoms with Crippen LogP contribution >= 0.6 is 0 Å². The van der Waals surface area contributed by atoms with E-state index < -0.39 is 0 Å². The lowest BCUT2D eigenvalue weighted by Crippen LogP contribution is -1.95. The average Bonchev–Trinajstić information content (AvgIpc) is 3.05. The standard InChI is InChI=1S/C22H17N3O2/c26-20-14-8-7-13-19(20)23-15-18-21(16-9-3-1-4-10-16)24-25(22(18)27)17-11-5-2-6-12-17/h1-15,26-27H/b23-15+. The predicted molar refractivity (Wildman–Crippen MR) is 106 cm³/mol. The van der Waals surface area contributed by atoms with Crippen LogP contribution in [0.1, 0.15) is 5.56 Å². The Balaban J connectivity index is 1.86. The van der Waals surface area contributed by atoms with Crippen LogP contribution in [0.5, 0.6) is 11.6 Å². The summed E-state index contributed by atoms with van der Waals surface area (Å²) in [5.74, 6) is 0.0594. The van der Waals surface area contributed by atoms with Crippen molar-refractivity contribution in [2.24, 2.45) is 4.99 Å². The van der Waals surface area contributed by atoms with Crippen molar-refractivity contribution in [2.45, 2.75) is 0 Å². The number of aromatic hydroxyl groups is 2. The summed E-state index contributed by atoms with van der Waals surface area (Å²) < 4.78 is 1.48. The van der Waals surface area contributed by atoms with E-state index in [9.17, 15) is 10.2 Å². The zero-order valence-corrected chi connectivity index (χ0v) is 14.4. The van der Waals surface area contributed by atoms with Crippen LogP contribution in [0, 0.1) is 0 Å². The summed E-state index contributed by atoms with van der Waals surface area (Å²) in [6.45, 7) is 0. The Kier molecular flexibility index (Phi) is 4.41. The Morgan fingerprint density at radius 2 is 1.41 bits per heavy atom. The van der Waals surface area contributed by atoms with Gasteiger partial charge in [0.05, 0.1) is 11.3 Å². The number of phenols is 1. The SMILES string of the molecule is Oc1ccccc1/N=C/c1c(-c2ccccc2)nn(-c2ccccc2)c1O. The van der Waals surface area contributed by atoms with Crippen LogP contribution in [0.25, 0.3) is 16.9 Å². The van der Waals surface area contributed by atoms with Crippen molar-refractivity contribution in [3.05, 3.63) is 90.5 Å². The van der Waals surface area contributed by atoms with Crippen LogP contribution in [0.2, 0.25) is 0 Å². The van der Waals surface area contributed by atoms with Gasteiger partial charge in [0.1, 0.15) is 17.1 Å². The smallest absolute Gasteiger partial charge is 0.223 e. The summed E-state index contributed by atoms with van der Waals surface area (Å²) >= 11 is 0. The van der Waals surface area contributed by atoms with E-state index in [0.29, 0.717) is 16.9 Å². The molecule has 132 valence electrons. The van der Waals surface area contributed by atoms with Crippen molar-refractivity contribution in [1.29, 1.82) is 0 Å². The van der Waals surface area contributed by atoms with Gasteiger partial charge in [0.2, 0.25) is 5.88 Å². The number of aliphatic imine (C=N–C) groups is 1. The number of hydrogen-bond donors (Lipinski definition) is 2. The first-order valence-corrected chi connectivity index (χ1v) is 8.49. The fourth-order valence-corrected chi connectivity index (χ4v) is 2.81. The van der Waals surface area contributed by atoms with Crippen molar-refractivity contribution < 1.29 is 10.2 Å². The van der Waals surface area contributed by atoms with Crippen LogP contribution in [-0.4, -0.2) is 26.2 Å². The van der Waals surface area contributed by atoms with E-state index in [1.165, 1.54) is 10.9 Å². The van der Waals surface area contributed by atoms with Gasteiger partial charge in [0.15, 0.2) is 0 Å². The van der Waals surface area contributed by atoms with Gasteiger partial charge in [0, 0.05) is 11.8 Å². The Morgan fingerprint density at radius 1 is 0.778 bits per heavy atom. The molecule has 4 aromatic rings. The molecule has 0 atom stereocenters. The van der Waals surface area contributed by atoms with E-state index in [2.05, 4.69) is 10.1 Å². The molecule has 0 saturated heterocycles.